The van der Waals surface area contributed by atoms with Crippen LogP contribution in [0.15, 0.2) is 54.7 Å². The van der Waals surface area contributed by atoms with Crippen LogP contribution in [0.3, 0.4) is 0 Å². The molecule has 1 aromatic heterocycles. The molecule has 2 heteroatoms. The summed E-state index contributed by atoms with van der Waals surface area (Å²) in [6, 6.07) is 17.5. The van der Waals surface area contributed by atoms with Gasteiger partial charge in [-0.2, -0.15) is 0 Å². The Morgan fingerprint density at radius 1 is 1.04 bits per heavy atom. The number of hydrogen-bond acceptors (Lipinski definition) is 1. The Balaban J connectivity index is 1.81. The molecule has 2 nitrogen and oxygen atoms in total. The second kappa shape index (κ2) is 7.67. The van der Waals surface area contributed by atoms with Crippen LogP contribution in [0.2, 0.25) is 0 Å². The van der Waals surface area contributed by atoms with Gasteiger partial charge in [0.1, 0.15) is 0 Å². The number of hydrogen-bond donors (Lipinski definition) is 1. The highest BCUT2D eigenvalue weighted by Gasteiger charge is 2.08. The number of rotatable bonds is 7. The molecule has 0 amide bonds. The highest BCUT2D eigenvalue weighted by Crippen LogP contribution is 2.22. The van der Waals surface area contributed by atoms with Crippen LogP contribution in [0, 0.1) is 12.8 Å². The topological polar surface area (TPSA) is 17.0 Å². The summed E-state index contributed by atoms with van der Waals surface area (Å²) < 4.78 is 2.38. The molecule has 1 heterocycles. The molecule has 0 saturated carbocycles. The Labute approximate surface area is 145 Å². The average Bonchev–Trinajstić information content (AvgIpc) is 2.90. The summed E-state index contributed by atoms with van der Waals surface area (Å²) in [4.78, 5) is 0. The Morgan fingerprint density at radius 2 is 1.88 bits per heavy atom. The van der Waals surface area contributed by atoms with Crippen molar-refractivity contribution in [1.82, 2.24) is 9.88 Å². The normalized spacial score (nSPS) is 11.5. The first-order valence-electron chi connectivity index (χ1n) is 8.96. The molecule has 1 N–H and O–H groups in total. The molecular weight excluding hydrogens is 292 g/mol. The van der Waals surface area contributed by atoms with Gasteiger partial charge in [-0.25, -0.2) is 0 Å². The molecule has 3 rings (SSSR count). The lowest BCUT2D eigenvalue weighted by Gasteiger charge is -2.06. The van der Waals surface area contributed by atoms with E-state index in [1.807, 2.05) is 0 Å². The van der Waals surface area contributed by atoms with Gasteiger partial charge in [0.2, 0.25) is 0 Å². The third-order valence-electron chi connectivity index (χ3n) is 4.52. The van der Waals surface area contributed by atoms with Crippen molar-refractivity contribution in [3.05, 3.63) is 71.4 Å². The van der Waals surface area contributed by atoms with Crippen molar-refractivity contribution in [2.45, 2.75) is 40.3 Å². The number of fused-ring (bicyclic) bond motifs is 1. The van der Waals surface area contributed by atoms with Crippen molar-refractivity contribution in [3.63, 3.8) is 0 Å². The zero-order chi connectivity index (χ0) is 16.9. The first-order valence-corrected chi connectivity index (χ1v) is 8.96. The summed E-state index contributed by atoms with van der Waals surface area (Å²) in [5.74, 6) is 0.750. The van der Waals surface area contributed by atoms with E-state index in [0.29, 0.717) is 0 Å². The van der Waals surface area contributed by atoms with E-state index in [0.717, 1.165) is 25.6 Å². The maximum Gasteiger partial charge on any atom is 0.0486 e. The number of nitrogens with one attached hydrogen (secondary N) is 1. The van der Waals surface area contributed by atoms with Gasteiger partial charge < -0.3 is 9.88 Å². The summed E-state index contributed by atoms with van der Waals surface area (Å²) in [5, 5.41) is 4.96. The second-order valence-electron chi connectivity index (χ2n) is 7.15. The van der Waals surface area contributed by atoms with Crippen LogP contribution in [0.4, 0.5) is 0 Å². The van der Waals surface area contributed by atoms with Crippen molar-refractivity contribution in [1.29, 1.82) is 0 Å². The maximum atomic E-state index is 3.60. The molecule has 0 spiro atoms. The van der Waals surface area contributed by atoms with Gasteiger partial charge in [-0.1, -0.05) is 61.9 Å². The van der Waals surface area contributed by atoms with Crippen LogP contribution in [-0.4, -0.2) is 11.1 Å². The van der Waals surface area contributed by atoms with E-state index in [9.17, 15) is 0 Å². The standard InChI is InChI=1S/C22H28N2/c1-17(2)11-12-23-14-20-16-24(22-10-5-4-9-21(20)22)15-19-8-6-7-18(3)13-19/h4-10,13,16-17,23H,11-12,14-15H2,1-3H3. The Bertz CT molecular complexity index is 799. The van der Waals surface area contributed by atoms with Gasteiger partial charge in [-0.15, -0.1) is 0 Å². The minimum atomic E-state index is 0.750. The van der Waals surface area contributed by atoms with Crippen molar-refractivity contribution in [2.24, 2.45) is 5.92 Å². The number of aromatic nitrogens is 1. The molecule has 24 heavy (non-hydrogen) atoms. The van der Waals surface area contributed by atoms with Crippen LogP contribution < -0.4 is 5.32 Å². The quantitative estimate of drug-likeness (QED) is 0.597. The zero-order valence-electron chi connectivity index (χ0n) is 15.0. The van der Waals surface area contributed by atoms with Gasteiger partial charge in [0.15, 0.2) is 0 Å². The predicted molar refractivity (Wildman–Crippen MR) is 103 cm³/mol. The third kappa shape index (κ3) is 4.07. The van der Waals surface area contributed by atoms with E-state index in [1.54, 1.807) is 0 Å². The fourth-order valence-corrected chi connectivity index (χ4v) is 3.22. The van der Waals surface area contributed by atoms with Crippen molar-refractivity contribution in [3.8, 4) is 0 Å². The molecule has 3 aromatic rings. The van der Waals surface area contributed by atoms with E-state index in [-0.39, 0.29) is 0 Å². The molecule has 0 aliphatic rings. The minimum absolute atomic E-state index is 0.750. The maximum absolute atomic E-state index is 3.60. The second-order valence-corrected chi connectivity index (χ2v) is 7.15. The molecule has 0 unspecified atom stereocenters. The molecule has 0 radical (unpaired) electrons. The molecule has 0 atom stereocenters. The molecule has 2 aromatic carbocycles. The van der Waals surface area contributed by atoms with E-state index in [4.69, 9.17) is 0 Å². The fourth-order valence-electron chi connectivity index (χ4n) is 3.22. The lowest BCUT2D eigenvalue weighted by atomic mass is 10.1. The van der Waals surface area contributed by atoms with Gasteiger partial charge >= 0.3 is 0 Å². The van der Waals surface area contributed by atoms with E-state index < -0.39 is 0 Å². The Kier molecular flexibility index (Phi) is 5.37. The summed E-state index contributed by atoms with van der Waals surface area (Å²) in [5.41, 5.74) is 5.39. The highest BCUT2D eigenvalue weighted by molar-refractivity contribution is 5.84. The van der Waals surface area contributed by atoms with E-state index >= 15 is 0 Å². The van der Waals surface area contributed by atoms with Gasteiger partial charge in [0.05, 0.1) is 0 Å². The lowest BCUT2D eigenvalue weighted by molar-refractivity contribution is 0.538. The van der Waals surface area contributed by atoms with Crippen LogP contribution in [0.1, 0.15) is 37.0 Å². The van der Waals surface area contributed by atoms with E-state index in [1.165, 1.54) is 34.0 Å². The number of para-hydroxylation sites is 1. The van der Waals surface area contributed by atoms with Crippen molar-refractivity contribution < 1.29 is 0 Å². The molecule has 0 fully saturated rings. The smallest absolute Gasteiger partial charge is 0.0486 e. The van der Waals surface area contributed by atoms with Gasteiger partial charge in [-0.05, 0) is 43.0 Å². The lowest BCUT2D eigenvalue weighted by Crippen LogP contribution is -2.16. The van der Waals surface area contributed by atoms with Crippen LogP contribution in [0.25, 0.3) is 10.9 Å². The summed E-state index contributed by atoms with van der Waals surface area (Å²) in [7, 11) is 0. The van der Waals surface area contributed by atoms with Crippen LogP contribution >= 0.6 is 0 Å². The van der Waals surface area contributed by atoms with Crippen LogP contribution in [0.5, 0.6) is 0 Å². The predicted octanol–water partition coefficient (Wildman–Crippen LogP) is 5.13. The highest BCUT2D eigenvalue weighted by atomic mass is 15.0. The van der Waals surface area contributed by atoms with Crippen LogP contribution in [-0.2, 0) is 13.1 Å². The number of nitrogens with zero attached hydrogens (tertiary/aromatic N) is 1. The number of benzene rings is 2. The summed E-state index contributed by atoms with van der Waals surface area (Å²) in [6.07, 6.45) is 3.54. The van der Waals surface area contributed by atoms with Gasteiger partial charge in [0.25, 0.3) is 0 Å². The summed E-state index contributed by atoms with van der Waals surface area (Å²) >= 11 is 0. The van der Waals surface area contributed by atoms with Crippen molar-refractivity contribution in [2.75, 3.05) is 6.54 Å². The van der Waals surface area contributed by atoms with Gasteiger partial charge in [0, 0.05) is 30.2 Å². The molecule has 0 bridgehead atoms. The molecular formula is C22H28N2. The van der Waals surface area contributed by atoms with E-state index in [2.05, 4.69) is 85.4 Å². The summed E-state index contributed by atoms with van der Waals surface area (Å²) in [6.45, 7) is 9.64. The first-order chi connectivity index (χ1) is 11.6. The molecule has 0 aliphatic heterocycles. The van der Waals surface area contributed by atoms with Crippen molar-refractivity contribution >= 4 is 10.9 Å². The fraction of sp³-hybridized carbons (Fsp3) is 0.364. The molecule has 126 valence electrons. The zero-order valence-corrected chi connectivity index (χ0v) is 15.0. The average molecular weight is 320 g/mol. The molecule has 0 saturated heterocycles. The van der Waals surface area contributed by atoms with Gasteiger partial charge in [-0.3, -0.25) is 0 Å². The number of aryl methyl sites for hydroxylation is 1. The largest absolute Gasteiger partial charge is 0.343 e. The minimum Gasteiger partial charge on any atom is -0.343 e. The monoisotopic (exact) mass is 320 g/mol. The first kappa shape index (κ1) is 16.8. The SMILES string of the molecule is Cc1cccc(Cn2cc(CNCCC(C)C)c3ccccc32)c1. The molecule has 0 aliphatic carbocycles. The Morgan fingerprint density at radius 3 is 2.67 bits per heavy atom. The Hall–Kier alpha value is -2.06. The third-order valence-corrected chi connectivity index (χ3v) is 4.52.